The van der Waals surface area contributed by atoms with E-state index in [1.807, 2.05) is 0 Å². The van der Waals surface area contributed by atoms with Crippen molar-refractivity contribution < 1.29 is 8.42 Å². The summed E-state index contributed by atoms with van der Waals surface area (Å²) in [5.41, 5.74) is 5.88. The average Bonchev–Trinajstić information content (AvgIpc) is 3.15. The minimum atomic E-state index is -3.33. The van der Waals surface area contributed by atoms with E-state index in [2.05, 4.69) is 21.5 Å². The zero-order chi connectivity index (χ0) is 18.6. The van der Waals surface area contributed by atoms with Crippen molar-refractivity contribution in [3.8, 4) is 11.8 Å². The van der Waals surface area contributed by atoms with E-state index in [0.29, 0.717) is 18.4 Å². The number of nitrogens with two attached hydrogens (primary N) is 1. The van der Waals surface area contributed by atoms with Crippen LogP contribution >= 0.6 is 11.8 Å². The number of sulfonamides is 1. The fourth-order valence-electron chi connectivity index (χ4n) is 3.33. The van der Waals surface area contributed by atoms with Gasteiger partial charge in [0.2, 0.25) is 10.0 Å². The summed E-state index contributed by atoms with van der Waals surface area (Å²) < 4.78 is 28.7. The Balaban J connectivity index is 1.67. The fourth-order valence-corrected chi connectivity index (χ4v) is 6.05. The molecule has 1 atom stereocenters. The van der Waals surface area contributed by atoms with Crippen molar-refractivity contribution in [3.05, 3.63) is 22.2 Å². The first-order valence-electron chi connectivity index (χ1n) is 8.95. The van der Waals surface area contributed by atoms with Crippen LogP contribution in [-0.4, -0.2) is 35.5 Å². The van der Waals surface area contributed by atoms with Crippen molar-refractivity contribution >= 4 is 27.6 Å². The quantitative estimate of drug-likeness (QED) is 0.746. The van der Waals surface area contributed by atoms with Crippen LogP contribution in [0.5, 0.6) is 0 Å². The van der Waals surface area contributed by atoms with Crippen molar-refractivity contribution in [2.75, 3.05) is 18.0 Å². The van der Waals surface area contributed by atoms with Crippen LogP contribution in [0.15, 0.2) is 11.0 Å². The number of rotatable bonds is 4. The largest absolute Gasteiger partial charge is 0.382 e. The Bertz CT molecular complexity index is 858. The third-order valence-electron chi connectivity index (χ3n) is 4.77. The van der Waals surface area contributed by atoms with Crippen molar-refractivity contribution in [2.45, 2.75) is 55.6 Å². The molecule has 1 aromatic heterocycles. The summed E-state index contributed by atoms with van der Waals surface area (Å²) in [6.07, 6.45) is 8.07. The van der Waals surface area contributed by atoms with E-state index < -0.39 is 10.0 Å². The number of hydrogen-bond acceptors (Lipinski definition) is 6. The molecule has 1 saturated carbocycles. The van der Waals surface area contributed by atoms with Crippen LogP contribution in [0.2, 0.25) is 0 Å². The lowest BCUT2D eigenvalue weighted by atomic mass is 10.0. The summed E-state index contributed by atoms with van der Waals surface area (Å²) >= 11 is 1.71. The first-order valence-corrected chi connectivity index (χ1v) is 11.5. The van der Waals surface area contributed by atoms with Gasteiger partial charge in [-0.25, -0.2) is 17.9 Å². The van der Waals surface area contributed by atoms with E-state index in [1.165, 1.54) is 0 Å². The van der Waals surface area contributed by atoms with Gasteiger partial charge < -0.3 is 5.73 Å². The lowest BCUT2D eigenvalue weighted by molar-refractivity contribution is 0.479. The summed E-state index contributed by atoms with van der Waals surface area (Å²) in [6, 6.07) is 0. The molecule has 26 heavy (non-hydrogen) atoms. The Morgan fingerprint density at radius 2 is 2.04 bits per heavy atom. The van der Waals surface area contributed by atoms with Crippen molar-refractivity contribution in [2.24, 2.45) is 0 Å². The van der Waals surface area contributed by atoms with E-state index in [0.717, 1.165) is 37.9 Å². The molecule has 2 fully saturated rings. The molecule has 1 saturated heterocycles. The molecular weight excluding hydrogens is 372 g/mol. The van der Waals surface area contributed by atoms with E-state index in [1.54, 1.807) is 22.5 Å². The van der Waals surface area contributed by atoms with Gasteiger partial charge in [-0.2, -0.15) is 4.98 Å². The molecule has 142 valence electrons. The van der Waals surface area contributed by atoms with Gasteiger partial charge in [-0.15, -0.1) is 11.8 Å². The number of thioether (sulfide) groups is 1. The van der Waals surface area contributed by atoms with Crippen LogP contribution in [0.1, 0.15) is 55.9 Å². The number of nitrogens with one attached hydrogen (secondary N) is 1. The van der Waals surface area contributed by atoms with Crippen molar-refractivity contribution in [1.29, 1.82) is 0 Å². The van der Waals surface area contributed by atoms with Gasteiger partial charge in [0.1, 0.15) is 5.82 Å². The standard InChI is InChI=1S/C17H24N4O3S2/c18-16-13(12-21(17(22)20-16)15-9-5-11-25-15)6-4-10-19-26(23,24)14-7-2-1-3-8-14/h12,14-15,19H,1-3,5,7-11H2,(H2,18,20,22). The highest BCUT2D eigenvalue weighted by Crippen LogP contribution is 2.34. The molecule has 1 unspecified atom stereocenters. The molecular formula is C17H24N4O3S2. The highest BCUT2D eigenvalue weighted by Gasteiger charge is 2.26. The van der Waals surface area contributed by atoms with E-state index in [9.17, 15) is 13.2 Å². The van der Waals surface area contributed by atoms with Crippen LogP contribution in [0.4, 0.5) is 5.82 Å². The monoisotopic (exact) mass is 396 g/mol. The molecule has 3 N–H and O–H groups in total. The summed E-state index contributed by atoms with van der Waals surface area (Å²) in [5, 5.41) is -0.243. The summed E-state index contributed by atoms with van der Waals surface area (Å²) in [4.78, 5) is 15.9. The van der Waals surface area contributed by atoms with Gasteiger partial charge in [0, 0.05) is 6.20 Å². The smallest absolute Gasteiger partial charge is 0.350 e. The second kappa shape index (κ2) is 8.46. The Morgan fingerprint density at radius 1 is 1.27 bits per heavy atom. The number of anilines is 1. The van der Waals surface area contributed by atoms with Crippen LogP contribution < -0.4 is 16.1 Å². The maximum Gasteiger partial charge on any atom is 0.350 e. The molecule has 2 heterocycles. The van der Waals surface area contributed by atoms with Gasteiger partial charge >= 0.3 is 5.69 Å². The maximum absolute atomic E-state index is 12.3. The van der Waals surface area contributed by atoms with Gasteiger partial charge in [-0.05, 0) is 31.4 Å². The number of nitrogen functional groups attached to an aromatic ring is 1. The van der Waals surface area contributed by atoms with Gasteiger partial charge in [0.15, 0.2) is 0 Å². The zero-order valence-corrected chi connectivity index (χ0v) is 16.2. The number of aromatic nitrogens is 2. The Morgan fingerprint density at radius 3 is 2.73 bits per heavy atom. The number of hydrogen-bond donors (Lipinski definition) is 2. The van der Waals surface area contributed by atoms with E-state index in [4.69, 9.17) is 5.73 Å². The second-order valence-electron chi connectivity index (χ2n) is 6.63. The Hall–Kier alpha value is -1.50. The highest BCUT2D eigenvalue weighted by atomic mass is 32.2. The molecule has 3 rings (SSSR count). The van der Waals surface area contributed by atoms with Crippen molar-refractivity contribution in [1.82, 2.24) is 14.3 Å². The molecule has 0 bridgehead atoms. The van der Waals surface area contributed by atoms with Crippen LogP contribution in [0, 0.1) is 11.8 Å². The molecule has 0 spiro atoms. The average molecular weight is 397 g/mol. The maximum atomic E-state index is 12.3. The lowest BCUT2D eigenvalue weighted by Gasteiger charge is -2.21. The summed E-state index contributed by atoms with van der Waals surface area (Å²) in [7, 11) is -3.33. The minimum Gasteiger partial charge on any atom is -0.382 e. The van der Waals surface area contributed by atoms with Gasteiger partial charge in [0.05, 0.1) is 22.7 Å². The van der Waals surface area contributed by atoms with E-state index >= 15 is 0 Å². The summed E-state index contributed by atoms with van der Waals surface area (Å²) in [5.74, 6) is 6.74. The van der Waals surface area contributed by atoms with E-state index in [-0.39, 0.29) is 28.7 Å². The molecule has 1 aliphatic carbocycles. The fraction of sp³-hybridized carbons (Fsp3) is 0.647. The molecule has 1 aromatic rings. The first-order chi connectivity index (χ1) is 12.5. The van der Waals surface area contributed by atoms with Crippen LogP contribution in [-0.2, 0) is 10.0 Å². The van der Waals surface area contributed by atoms with Gasteiger partial charge in [-0.3, -0.25) is 4.57 Å². The predicted molar refractivity (Wildman–Crippen MR) is 104 cm³/mol. The normalized spacial score (nSPS) is 21.3. The first kappa shape index (κ1) is 19.3. The topological polar surface area (TPSA) is 107 Å². The third kappa shape index (κ3) is 4.61. The van der Waals surface area contributed by atoms with Crippen LogP contribution in [0.25, 0.3) is 0 Å². The summed E-state index contributed by atoms with van der Waals surface area (Å²) in [6.45, 7) is 0.0234. The minimum absolute atomic E-state index is 0.0234. The van der Waals surface area contributed by atoms with Crippen molar-refractivity contribution in [3.63, 3.8) is 0 Å². The predicted octanol–water partition coefficient (Wildman–Crippen LogP) is 1.45. The molecule has 0 amide bonds. The molecule has 1 aliphatic heterocycles. The van der Waals surface area contributed by atoms with Crippen LogP contribution in [0.3, 0.4) is 0 Å². The highest BCUT2D eigenvalue weighted by molar-refractivity contribution is 7.99. The SMILES string of the molecule is Nc1nc(=O)n(C2CCCS2)cc1C#CCNS(=O)(=O)C1CCCCC1. The van der Waals surface area contributed by atoms with Gasteiger partial charge in [-0.1, -0.05) is 31.1 Å². The number of nitrogens with zero attached hydrogens (tertiary/aromatic N) is 2. The molecule has 7 nitrogen and oxygen atoms in total. The third-order valence-corrected chi connectivity index (χ3v) is 8.04. The molecule has 9 heteroatoms. The van der Waals surface area contributed by atoms with Gasteiger partial charge in [0.25, 0.3) is 0 Å². The molecule has 2 aliphatic rings. The molecule has 0 aromatic carbocycles. The Kier molecular flexibility index (Phi) is 6.27. The molecule has 0 radical (unpaired) electrons. The Labute approximate surface area is 158 Å². The lowest BCUT2D eigenvalue weighted by Crippen LogP contribution is -2.35. The zero-order valence-electron chi connectivity index (χ0n) is 14.6. The second-order valence-corrected chi connectivity index (χ2v) is 9.96.